The van der Waals surface area contributed by atoms with Gasteiger partial charge in [-0.1, -0.05) is 34.1 Å². The van der Waals surface area contributed by atoms with Crippen LogP contribution in [0.5, 0.6) is 5.75 Å². The quantitative estimate of drug-likeness (QED) is 0.641. The minimum absolute atomic E-state index is 0.366. The Morgan fingerprint density at radius 3 is 2.80 bits per heavy atom. The van der Waals surface area contributed by atoms with E-state index >= 15 is 0 Å². The first-order valence-corrected chi connectivity index (χ1v) is 6.16. The first-order valence-electron chi connectivity index (χ1n) is 4.55. The summed E-state index contributed by atoms with van der Waals surface area (Å²) in [6, 6.07) is 11.8. The van der Waals surface area contributed by atoms with Gasteiger partial charge < -0.3 is 5.11 Å². The monoisotopic (exact) mass is 278 g/mol. The van der Waals surface area contributed by atoms with E-state index in [1.165, 1.54) is 10.1 Å². The third kappa shape index (κ3) is 1.34. The molecule has 74 valence electrons. The summed E-state index contributed by atoms with van der Waals surface area (Å²) >= 11 is 5.07. The third-order valence-electron chi connectivity index (χ3n) is 2.44. The number of hydrogen-bond acceptors (Lipinski definition) is 2. The molecule has 0 radical (unpaired) electrons. The molecule has 0 fully saturated rings. The maximum Gasteiger partial charge on any atom is 0.133 e. The molecule has 2 aromatic carbocycles. The van der Waals surface area contributed by atoms with Crippen molar-refractivity contribution in [3.8, 4) is 5.75 Å². The van der Waals surface area contributed by atoms with Gasteiger partial charge in [0.1, 0.15) is 5.75 Å². The van der Waals surface area contributed by atoms with Crippen molar-refractivity contribution in [2.75, 3.05) is 0 Å². The van der Waals surface area contributed by atoms with Crippen LogP contribution in [0.15, 0.2) is 40.9 Å². The SMILES string of the molecule is Oc1cccc2c1sc1cc(Br)ccc12. The number of fused-ring (bicyclic) bond motifs is 3. The van der Waals surface area contributed by atoms with E-state index in [-0.39, 0.29) is 0 Å². The van der Waals surface area contributed by atoms with Gasteiger partial charge in [-0.25, -0.2) is 0 Å². The fraction of sp³-hybridized carbons (Fsp3) is 0. The lowest BCUT2D eigenvalue weighted by Crippen LogP contribution is -1.67. The van der Waals surface area contributed by atoms with Gasteiger partial charge in [-0.15, -0.1) is 11.3 Å². The Balaban J connectivity index is 2.57. The predicted molar refractivity (Wildman–Crippen MR) is 68.7 cm³/mol. The van der Waals surface area contributed by atoms with Gasteiger partial charge in [0.2, 0.25) is 0 Å². The predicted octanol–water partition coefficient (Wildman–Crippen LogP) is 4.52. The van der Waals surface area contributed by atoms with Crippen molar-refractivity contribution >= 4 is 47.4 Å². The molecule has 0 amide bonds. The first kappa shape index (κ1) is 9.19. The van der Waals surface area contributed by atoms with Crippen LogP contribution < -0.4 is 0 Å². The van der Waals surface area contributed by atoms with E-state index in [0.29, 0.717) is 5.75 Å². The summed E-state index contributed by atoms with van der Waals surface area (Å²) in [4.78, 5) is 0. The first-order chi connectivity index (χ1) is 7.25. The van der Waals surface area contributed by atoms with Crippen LogP contribution in [0.25, 0.3) is 20.2 Å². The maximum atomic E-state index is 9.74. The molecule has 0 atom stereocenters. The Morgan fingerprint density at radius 2 is 1.93 bits per heavy atom. The smallest absolute Gasteiger partial charge is 0.133 e. The van der Waals surface area contributed by atoms with Gasteiger partial charge >= 0.3 is 0 Å². The maximum absolute atomic E-state index is 9.74. The van der Waals surface area contributed by atoms with Crippen molar-refractivity contribution in [3.05, 3.63) is 40.9 Å². The molecule has 3 rings (SSSR count). The minimum Gasteiger partial charge on any atom is -0.506 e. The van der Waals surface area contributed by atoms with Gasteiger partial charge in [-0.3, -0.25) is 0 Å². The van der Waals surface area contributed by atoms with Crippen LogP contribution in [0.2, 0.25) is 0 Å². The fourth-order valence-electron chi connectivity index (χ4n) is 1.76. The van der Waals surface area contributed by atoms with Crippen molar-refractivity contribution in [1.29, 1.82) is 0 Å². The van der Waals surface area contributed by atoms with Gasteiger partial charge in [0.15, 0.2) is 0 Å². The summed E-state index contributed by atoms with van der Waals surface area (Å²) in [6.07, 6.45) is 0. The van der Waals surface area contributed by atoms with Crippen molar-refractivity contribution in [3.63, 3.8) is 0 Å². The Kier molecular flexibility index (Phi) is 1.97. The Labute approximate surface area is 99.1 Å². The summed E-state index contributed by atoms with van der Waals surface area (Å²) in [6.45, 7) is 0. The van der Waals surface area contributed by atoms with Crippen LogP contribution in [0.3, 0.4) is 0 Å². The van der Waals surface area contributed by atoms with Crippen molar-refractivity contribution in [2.24, 2.45) is 0 Å². The summed E-state index contributed by atoms with van der Waals surface area (Å²) in [5.74, 6) is 0.366. The van der Waals surface area contributed by atoms with E-state index in [4.69, 9.17) is 0 Å². The number of phenolic OH excluding ortho intramolecular Hbond substituents is 1. The second-order valence-electron chi connectivity index (χ2n) is 3.40. The minimum atomic E-state index is 0.366. The lowest BCUT2D eigenvalue weighted by molar-refractivity contribution is 0.482. The van der Waals surface area contributed by atoms with Crippen LogP contribution in [0, 0.1) is 0 Å². The summed E-state index contributed by atoms with van der Waals surface area (Å²) in [5, 5.41) is 12.1. The third-order valence-corrected chi connectivity index (χ3v) is 4.12. The van der Waals surface area contributed by atoms with Gasteiger partial charge in [-0.05, 0) is 18.2 Å². The molecule has 15 heavy (non-hydrogen) atoms. The van der Waals surface area contributed by atoms with E-state index < -0.39 is 0 Å². The van der Waals surface area contributed by atoms with E-state index in [1.807, 2.05) is 18.2 Å². The molecule has 0 aliphatic rings. The highest BCUT2D eigenvalue weighted by molar-refractivity contribution is 9.10. The molecule has 1 heterocycles. The number of thiophene rings is 1. The van der Waals surface area contributed by atoms with Gasteiger partial charge in [0.25, 0.3) is 0 Å². The number of halogens is 1. The molecule has 0 bridgehead atoms. The summed E-state index contributed by atoms with van der Waals surface area (Å²) in [7, 11) is 0. The molecule has 0 saturated heterocycles. The second-order valence-corrected chi connectivity index (χ2v) is 5.36. The average molecular weight is 279 g/mol. The van der Waals surface area contributed by atoms with E-state index in [0.717, 1.165) is 14.6 Å². The molecular weight excluding hydrogens is 272 g/mol. The second kappa shape index (κ2) is 3.22. The Morgan fingerprint density at radius 1 is 1.07 bits per heavy atom. The zero-order valence-corrected chi connectivity index (χ0v) is 10.1. The standard InChI is InChI=1S/C12H7BrOS/c13-7-4-5-8-9-2-1-3-10(14)12(9)15-11(8)6-7/h1-6,14H. The van der Waals surface area contributed by atoms with E-state index in [2.05, 4.69) is 28.1 Å². The van der Waals surface area contributed by atoms with Crippen LogP contribution in [0.4, 0.5) is 0 Å². The Bertz CT molecular complexity index is 657. The number of rotatable bonds is 0. The number of aromatic hydroxyl groups is 1. The molecule has 0 aliphatic heterocycles. The largest absolute Gasteiger partial charge is 0.506 e. The van der Waals surface area contributed by atoms with Crippen molar-refractivity contribution < 1.29 is 5.11 Å². The number of benzene rings is 2. The van der Waals surface area contributed by atoms with E-state index in [1.54, 1.807) is 17.4 Å². The van der Waals surface area contributed by atoms with Crippen LogP contribution >= 0.6 is 27.3 Å². The van der Waals surface area contributed by atoms with Crippen molar-refractivity contribution in [2.45, 2.75) is 0 Å². The number of phenols is 1. The Hall–Kier alpha value is -1.06. The highest BCUT2D eigenvalue weighted by atomic mass is 79.9. The molecule has 1 N–H and O–H groups in total. The normalized spacial score (nSPS) is 11.3. The van der Waals surface area contributed by atoms with Gasteiger partial charge in [0.05, 0.1) is 4.70 Å². The molecule has 1 aromatic heterocycles. The molecular formula is C12H7BrOS. The topological polar surface area (TPSA) is 20.2 Å². The molecule has 3 aromatic rings. The highest BCUT2D eigenvalue weighted by Crippen LogP contribution is 2.39. The molecule has 0 aliphatic carbocycles. The molecule has 0 unspecified atom stereocenters. The average Bonchev–Trinajstić information content (AvgIpc) is 2.57. The highest BCUT2D eigenvalue weighted by Gasteiger charge is 2.07. The molecule has 0 spiro atoms. The van der Waals surface area contributed by atoms with Crippen LogP contribution in [-0.2, 0) is 0 Å². The summed E-state index contributed by atoms with van der Waals surface area (Å²) in [5.41, 5.74) is 0. The lowest BCUT2D eigenvalue weighted by atomic mass is 10.1. The summed E-state index contributed by atoms with van der Waals surface area (Å²) < 4.78 is 3.23. The zero-order valence-electron chi connectivity index (χ0n) is 7.70. The van der Waals surface area contributed by atoms with E-state index in [9.17, 15) is 5.11 Å². The lowest BCUT2D eigenvalue weighted by Gasteiger charge is -1.93. The molecule has 0 saturated carbocycles. The van der Waals surface area contributed by atoms with Gasteiger partial charge in [-0.2, -0.15) is 0 Å². The zero-order chi connectivity index (χ0) is 10.4. The van der Waals surface area contributed by atoms with Crippen LogP contribution in [0.1, 0.15) is 0 Å². The van der Waals surface area contributed by atoms with Gasteiger partial charge in [0, 0.05) is 19.9 Å². The number of hydrogen-bond donors (Lipinski definition) is 1. The molecule has 3 heteroatoms. The van der Waals surface area contributed by atoms with Crippen molar-refractivity contribution in [1.82, 2.24) is 0 Å². The van der Waals surface area contributed by atoms with Crippen LogP contribution in [-0.4, -0.2) is 5.11 Å². The fourth-order valence-corrected chi connectivity index (χ4v) is 3.42. The molecule has 1 nitrogen and oxygen atoms in total.